The molecule has 0 radical (unpaired) electrons. The molecule has 1 aromatic carbocycles. The number of aryl methyl sites for hydroxylation is 1. The highest BCUT2D eigenvalue weighted by molar-refractivity contribution is 5.77. The summed E-state index contributed by atoms with van der Waals surface area (Å²) in [6, 6.07) is 6.83. The van der Waals surface area contributed by atoms with E-state index in [9.17, 15) is 0 Å². The Morgan fingerprint density at radius 1 is 1.30 bits per heavy atom. The lowest BCUT2D eigenvalue weighted by Crippen LogP contribution is -2.32. The monoisotopic (exact) mass is 272 g/mol. The van der Waals surface area contributed by atoms with Gasteiger partial charge in [0.25, 0.3) is 0 Å². The van der Waals surface area contributed by atoms with E-state index in [0.29, 0.717) is 6.04 Å². The van der Waals surface area contributed by atoms with Crippen LogP contribution in [0, 0.1) is 11.8 Å². The summed E-state index contributed by atoms with van der Waals surface area (Å²) in [6.07, 6.45) is 4.76. The number of hydrogen-bond donors (Lipinski definition) is 1. The summed E-state index contributed by atoms with van der Waals surface area (Å²) >= 11 is 0. The van der Waals surface area contributed by atoms with Gasteiger partial charge in [-0.3, -0.25) is 0 Å². The molecule has 0 amide bonds. The number of fused-ring (bicyclic) bond motifs is 1. The number of anilines is 1. The van der Waals surface area contributed by atoms with Gasteiger partial charge in [-0.2, -0.15) is 0 Å². The molecule has 0 aliphatic heterocycles. The molecular formula is C17H24N2O. The number of nitrogens with one attached hydrogen (secondary N) is 1. The molecule has 1 saturated carbocycles. The fourth-order valence-corrected chi connectivity index (χ4v) is 3.31. The van der Waals surface area contributed by atoms with E-state index in [-0.39, 0.29) is 0 Å². The predicted octanol–water partition coefficient (Wildman–Crippen LogP) is 4.63. The Morgan fingerprint density at radius 3 is 2.90 bits per heavy atom. The van der Waals surface area contributed by atoms with Gasteiger partial charge in [0.2, 0.25) is 0 Å². The number of oxazole rings is 1. The van der Waals surface area contributed by atoms with Crippen molar-refractivity contribution in [1.29, 1.82) is 0 Å². The molecular weight excluding hydrogens is 248 g/mol. The molecule has 1 fully saturated rings. The van der Waals surface area contributed by atoms with Crippen LogP contribution in [0.25, 0.3) is 11.1 Å². The fourth-order valence-electron chi connectivity index (χ4n) is 3.31. The van der Waals surface area contributed by atoms with Crippen LogP contribution >= 0.6 is 0 Å². The SMILES string of the molecule is CCc1nc2cc(NC3CCC(C)CC3C)ccc2o1. The third-order valence-corrected chi connectivity index (χ3v) is 4.52. The summed E-state index contributed by atoms with van der Waals surface area (Å²) in [5, 5.41) is 3.69. The highest BCUT2D eigenvalue weighted by Crippen LogP contribution is 2.31. The van der Waals surface area contributed by atoms with Crippen LogP contribution in [0.3, 0.4) is 0 Å². The standard InChI is InChI=1S/C17H24N2O/c1-4-17-19-15-10-13(6-8-16(15)20-17)18-14-7-5-11(2)9-12(14)3/h6,8,10-12,14,18H,4-5,7,9H2,1-3H3. The number of rotatable bonds is 3. The van der Waals surface area contributed by atoms with Crippen LogP contribution in [0.4, 0.5) is 5.69 Å². The molecule has 1 heterocycles. The van der Waals surface area contributed by atoms with Gasteiger partial charge >= 0.3 is 0 Å². The Morgan fingerprint density at radius 2 is 2.15 bits per heavy atom. The molecule has 0 bridgehead atoms. The zero-order chi connectivity index (χ0) is 14.1. The van der Waals surface area contributed by atoms with Gasteiger partial charge < -0.3 is 9.73 Å². The molecule has 3 atom stereocenters. The van der Waals surface area contributed by atoms with Gasteiger partial charge in [0.15, 0.2) is 11.5 Å². The van der Waals surface area contributed by atoms with Crippen LogP contribution in [0.5, 0.6) is 0 Å². The first-order valence-electron chi connectivity index (χ1n) is 7.81. The van der Waals surface area contributed by atoms with Gasteiger partial charge in [0.05, 0.1) is 0 Å². The number of aromatic nitrogens is 1. The quantitative estimate of drug-likeness (QED) is 0.885. The second kappa shape index (κ2) is 5.47. The van der Waals surface area contributed by atoms with Crippen LogP contribution in [-0.2, 0) is 6.42 Å². The van der Waals surface area contributed by atoms with Crippen molar-refractivity contribution < 1.29 is 4.42 Å². The lowest BCUT2D eigenvalue weighted by atomic mass is 9.80. The molecule has 0 saturated heterocycles. The van der Waals surface area contributed by atoms with E-state index < -0.39 is 0 Å². The number of nitrogens with zero attached hydrogens (tertiary/aromatic N) is 1. The molecule has 3 nitrogen and oxygen atoms in total. The van der Waals surface area contributed by atoms with Crippen molar-refractivity contribution in [2.75, 3.05) is 5.32 Å². The average Bonchev–Trinajstić information content (AvgIpc) is 2.84. The lowest BCUT2D eigenvalue weighted by molar-refractivity contribution is 0.276. The smallest absolute Gasteiger partial charge is 0.195 e. The lowest BCUT2D eigenvalue weighted by Gasteiger charge is -2.33. The van der Waals surface area contributed by atoms with E-state index in [1.165, 1.54) is 24.9 Å². The molecule has 3 rings (SSSR count). The Labute approximate surface area is 120 Å². The third kappa shape index (κ3) is 2.67. The molecule has 1 aromatic heterocycles. The van der Waals surface area contributed by atoms with E-state index in [0.717, 1.165) is 35.2 Å². The maximum absolute atomic E-state index is 5.66. The second-order valence-electron chi connectivity index (χ2n) is 6.29. The summed E-state index contributed by atoms with van der Waals surface area (Å²) in [7, 11) is 0. The molecule has 1 N–H and O–H groups in total. The first-order chi connectivity index (χ1) is 9.65. The maximum atomic E-state index is 5.66. The fraction of sp³-hybridized carbons (Fsp3) is 0.588. The van der Waals surface area contributed by atoms with Crippen molar-refractivity contribution >= 4 is 16.8 Å². The molecule has 0 spiro atoms. The third-order valence-electron chi connectivity index (χ3n) is 4.52. The average molecular weight is 272 g/mol. The van der Waals surface area contributed by atoms with E-state index in [1.54, 1.807) is 0 Å². The summed E-state index contributed by atoms with van der Waals surface area (Å²) in [5.41, 5.74) is 3.02. The first-order valence-corrected chi connectivity index (χ1v) is 7.81. The van der Waals surface area contributed by atoms with Gasteiger partial charge in [-0.05, 0) is 49.3 Å². The molecule has 3 heteroatoms. The predicted molar refractivity (Wildman–Crippen MR) is 83.0 cm³/mol. The number of hydrogen-bond acceptors (Lipinski definition) is 3. The number of benzene rings is 1. The second-order valence-corrected chi connectivity index (χ2v) is 6.29. The van der Waals surface area contributed by atoms with Crippen LogP contribution in [0.2, 0.25) is 0 Å². The Bertz CT molecular complexity index is 590. The maximum Gasteiger partial charge on any atom is 0.195 e. The molecule has 2 aromatic rings. The van der Waals surface area contributed by atoms with Crippen molar-refractivity contribution in [3.05, 3.63) is 24.1 Å². The molecule has 1 aliphatic rings. The largest absolute Gasteiger partial charge is 0.441 e. The van der Waals surface area contributed by atoms with Crippen LogP contribution in [-0.4, -0.2) is 11.0 Å². The van der Waals surface area contributed by atoms with Crippen molar-refractivity contribution in [2.45, 2.75) is 52.5 Å². The Hall–Kier alpha value is -1.51. The van der Waals surface area contributed by atoms with Crippen molar-refractivity contribution in [2.24, 2.45) is 11.8 Å². The normalized spacial score (nSPS) is 26.9. The van der Waals surface area contributed by atoms with Crippen LogP contribution in [0.1, 0.15) is 45.9 Å². The van der Waals surface area contributed by atoms with E-state index in [4.69, 9.17) is 4.42 Å². The molecule has 3 unspecified atom stereocenters. The minimum atomic E-state index is 0.584. The van der Waals surface area contributed by atoms with Gasteiger partial charge in [0.1, 0.15) is 5.52 Å². The molecule has 20 heavy (non-hydrogen) atoms. The van der Waals surface area contributed by atoms with E-state index in [1.807, 2.05) is 6.07 Å². The van der Waals surface area contributed by atoms with Crippen molar-refractivity contribution in [3.63, 3.8) is 0 Å². The van der Waals surface area contributed by atoms with Crippen LogP contribution in [0.15, 0.2) is 22.6 Å². The van der Waals surface area contributed by atoms with Gasteiger partial charge in [-0.1, -0.05) is 20.8 Å². The van der Waals surface area contributed by atoms with Gasteiger partial charge in [-0.25, -0.2) is 4.98 Å². The summed E-state index contributed by atoms with van der Waals surface area (Å²) in [4.78, 5) is 4.51. The van der Waals surface area contributed by atoms with Crippen molar-refractivity contribution in [3.8, 4) is 0 Å². The Kier molecular flexibility index (Phi) is 3.68. The minimum absolute atomic E-state index is 0.584. The van der Waals surface area contributed by atoms with Gasteiger partial charge in [0, 0.05) is 18.2 Å². The molecule has 108 valence electrons. The summed E-state index contributed by atoms with van der Waals surface area (Å²) in [6.45, 7) is 6.78. The zero-order valence-corrected chi connectivity index (χ0v) is 12.6. The van der Waals surface area contributed by atoms with Crippen LogP contribution < -0.4 is 5.32 Å². The van der Waals surface area contributed by atoms with E-state index in [2.05, 4.69) is 43.2 Å². The zero-order valence-electron chi connectivity index (χ0n) is 12.6. The summed E-state index contributed by atoms with van der Waals surface area (Å²) < 4.78 is 5.66. The highest BCUT2D eigenvalue weighted by Gasteiger charge is 2.25. The van der Waals surface area contributed by atoms with Crippen molar-refractivity contribution in [1.82, 2.24) is 4.98 Å². The molecule has 1 aliphatic carbocycles. The van der Waals surface area contributed by atoms with Gasteiger partial charge in [-0.15, -0.1) is 0 Å². The first kappa shape index (κ1) is 13.5. The topological polar surface area (TPSA) is 38.1 Å². The Balaban J connectivity index is 1.77. The van der Waals surface area contributed by atoms with E-state index >= 15 is 0 Å². The minimum Gasteiger partial charge on any atom is -0.441 e. The summed E-state index contributed by atoms with van der Waals surface area (Å²) in [5.74, 6) is 2.42. The highest BCUT2D eigenvalue weighted by atomic mass is 16.3.